The first kappa shape index (κ1) is 21.9. The van der Waals surface area contributed by atoms with Gasteiger partial charge in [-0.2, -0.15) is 13.2 Å². The summed E-state index contributed by atoms with van der Waals surface area (Å²) in [5, 5.41) is 7.80. The van der Waals surface area contributed by atoms with E-state index in [0.717, 1.165) is 55.8 Å². The highest BCUT2D eigenvalue weighted by Gasteiger charge is 2.33. The number of ether oxygens (including phenoxy) is 1. The Morgan fingerprint density at radius 1 is 1.41 bits per heavy atom. The summed E-state index contributed by atoms with van der Waals surface area (Å²) in [4.78, 5) is 10.2. The molecule has 2 rings (SSSR count). The minimum absolute atomic E-state index is 0.214. The molecule has 1 saturated heterocycles. The number of nitrogens with one attached hydrogen (secondary N) is 2. The summed E-state index contributed by atoms with van der Waals surface area (Å²) in [5.74, 6) is 0.584. The molecule has 1 aromatic heterocycles. The Kier molecular flexibility index (Phi) is 8.30. The lowest BCUT2D eigenvalue weighted by molar-refractivity contribution is -0.140. The van der Waals surface area contributed by atoms with Crippen molar-refractivity contribution in [1.82, 2.24) is 20.5 Å². The molecule has 1 aliphatic rings. The molecule has 0 saturated carbocycles. The van der Waals surface area contributed by atoms with Gasteiger partial charge in [0.25, 0.3) is 0 Å². The molecule has 27 heavy (non-hydrogen) atoms. The van der Waals surface area contributed by atoms with Crippen molar-refractivity contribution in [1.29, 1.82) is 0 Å². The predicted octanol–water partition coefficient (Wildman–Crippen LogP) is 2.72. The van der Waals surface area contributed by atoms with Crippen LogP contribution in [0.15, 0.2) is 10.4 Å². The fourth-order valence-corrected chi connectivity index (χ4v) is 3.53. The summed E-state index contributed by atoms with van der Waals surface area (Å²) in [6.07, 6.45) is -2.18. The first-order chi connectivity index (χ1) is 12.8. The number of aromatic nitrogens is 1. The Morgan fingerprint density at radius 3 is 2.67 bits per heavy atom. The average Bonchev–Trinajstić information content (AvgIpc) is 3.09. The molecule has 0 bridgehead atoms. The molecule has 0 unspecified atom stereocenters. The highest BCUT2D eigenvalue weighted by atomic mass is 32.1. The number of rotatable bonds is 7. The van der Waals surface area contributed by atoms with Crippen LogP contribution in [0.5, 0.6) is 0 Å². The lowest BCUT2D eigenvalue weighted by Gasteiger charge is -2.33. The Balaban J connectivity index is 1.71. The van der Waals surface area contributed by atoms with E-state index >= 15 is 0 Å². The third kappa shape index (κ3) is 7.63. The van der Waals surface area contributed by atoms with E-state index < -0.39 is 11.9 Å². The molecule has 1 aromatic rings. The predicted molar refractivity (Wildman–Crippen MR) is 101 cm³/mol. The van der Waals surface area contributed by atoms with Gasteiger partial charge < -0.3 is 20.3 Å². The molecule has 2 heterocycles. The van der Waals surface area contributed by atoms with E-state index in [-0.39, 0.29) is 12.6 Å². The van der Waals surface area contributed by atoms with E-state index in [4.69, 9.17) is 4.74 Å². The summed E-state index contributed by atoms with van der Waals surface area (Å²) in [5.41, 5.74) is -0.846. The van der Waals surface area contributed by atoms with Gasteiger partial charge in [-0.3, -0.25) is 4.99 Å². The molecule has 1 aliphatic heterocycles. The number of hydrogen-bond donors (Lipinski definition) is 2. The topological polar surface area (TPSA) is 61.8 Å². The summed E-state index contributed by atoms with van der Waals surface area (Å²) in [7, 11) is 1.65. The Morgan fingerprint density at radius 2 is 2.11 bits per heavy atom. The van der Waals surface area contributed by atoms with Crippen LogP contribution in [-0.2, 0) is 17.5 Å². The van der Waals surface area contributed by atoms with Crippen LogP contribution in [0.25, 0.3) is 0 Å². The zero-order valence-corrected chi connectivity index (χ0v) is 16.8. The Bertz CT molecular complexity index is 598. The second-order valence-electron chi connectivity index (χ2n) is 6.73. The van der Waals surface area contributed by atoms with E-state index in [1.54, 1.807) is 7.05 Å². The lowest BCUT2D eigenvalue weighted by Crippen LogP contribution is -2.49. The molecule has 0 atom stereocenters. The number of alkyl halides is 3. The van der Waals surface area contributed by atoms with Gasteiger partial charge in [0.05, 0.1) is 19.3 Å². The van der Waals surface area contributed by atoms with Crippen molar-refractivity contribution in [3.63, 3.8) is 0 Å². The van der Waals surface area contributed by atoms with Crippen LogP contribution in [-0.4, -0.2) is 61.3 Å². The summed E-state index contributed by atoms with van der Waals surface area (Å²) < 4.78 is 43.4. The molecule has 10 heteroatoms. The molecule has 154 valence electrons. The van der Waals surface area contributed by atoms with Crippen LogP contribution < -0.4 is 10.6 Å². The van der Waals surface area contributed by atoms with Crippen molar-refractivity contribution in [2.45, 2.75) is 51.6 Å². The van der Waals surface area contributed by atoms with Crippen molar-refractivity contribution in [3.05, 3.63) is 16.1 Å². The van der Waals surface area contributed by atoms with Crippen LogP contribution in [0.2, 0.25) is 0 Å². The average molecular weight is 408 g/mol. The summed E-state index contributed by atoms with van der Waals surface area (Å²) >= 11 is 0.990. The normalized spacial score (nSPS) is 17.5. The highest BCUT2D eigenvalue weighted by molar-refractivity contribution is 7.09. The molecule has 1 fully saturated rings. The fraction of sp³-hybridized carbons (Fsp3) is 0.765. The van der Waals surface area contributed by atoms with Crippen molar-refractivity contribution in [2.24, 2.45) is 4.99 Å². The maximum Gasteiger partial charge on any atom is 0.434 e. The maximum absolute atomic E-state index is 12.6. The SMILES string of the molecule is CN=C(NCc1nc(C(F)(F)F)cs1)NC1CCN(CCOC(C)C)CC1. The monoisotopic (exact) mass is 407 g/mol. The third-order valence-corrected chi connectivity index (χ3v) is 5.11. The smallest absolute Gasteiger partial charge is 0.377 e. The van der Waals surface area contributed by atoms with Gasteiger partial charge in [0.15, 0.2) is 11.7 Å². The Labute approximate surface area is 162 Å². The van der Waals surface area contributed by atoms with Gasteiger partial charge in [0.1, 0.15) is 5.01 Å². The number of piperidine rings is 1. The van der Waals surface area contributed by atoms with Crippen LogP contribution in [0.1, 0.15) is 37.4 Å². The summed E-state index contributed by atoms with van der Waals surface area (Å²) in [6, 6.07) is 0.292. The minimum atomic E-state index is -4.40. The second-order valence-corrected chi connectivity index (χ2v) is 7.67. The van der Waals surface area contributed by atoms with Crippen LogP contribution in [0.3, 0.4) is 0 Å². The van der Waals surface area contributed by atoms with E-state index in [1.165, 1.54) is 0 Å². The first-order valence-electron chi connectivity index (χ1n) is 9.10. The highest BCUT2D eigenvalue weighted by Crippen LogP contribution is 2.29. The number of nitrogens with zero attached hydrogens (tertiary/aromatic N) is 3. The molecule has 2 N–H and O–H groups in total. The van der Waals surface area contributed by atoms with Gasteiger partial charge in [0, 0.05) is 38.1 Å². The van der Waals surface area contributed by atoms with Gasteiger partial charge in [-0.1, -0.05) is 0 Å². The zero-order chi connectivity index (χ0) is 19.9. The van der Waals surface area contributed by atoms with E-state index in [9.17, 15) is 13.2 Å². The molecule has 0 spiro atoms. The molecule has 6 nitrogen and oxygen atoms in total. The number of likely N-dealkylation sites (tertiary alicyclic amines) is 1. The van der Waals surface area contributed by atoms with Crippen molar-refractivity contribution in [3.8, 4) is 0 Å². The van der Waals surface area contributed by atoms with E-state index in [2.05, 4.69) is 25.5 Å². The number of hydrogen-bond acceptors (Lipinski definition) is 5. The third-order valence-electron chi connectivity index (χ3n) is 4.26. The van der Waals surface area contributed by atoms with Gasteiger partial charge in [-0.05, 0) is 26.7 Å². The largest absolute Gasteiger partial charge is 0.434 e. The van der Waals surface area contributed by atoms with Crippen molar-refractivity contribution in [2.75, 3.05) is 33.3 Å². The molecular formula is C17H28F3N5OS. The molecule has 0 amide bonds. The maximum atomic E-state index is 12.6. The summed E-state index contributed by atoms with van der Waals surface area (Å²) in [6.45, 7) is 7.92. The lowest BCUT2D eigenvalue weighted by atomic mass is 10.1. The van der Waals surface area contributed by atoms with Crippen LogP contribution in [0, 0.1) is 0 Å². The molecule has 0 aliphatic carbocycles. The van der Waals surface area contributed by atoms with Crippen LogP contribution >= 0.6 is 11.3 Å². The number of guanidine groups is 1. The van der Waals surface area contributed by atoms with Gasteiger partial charge in [-0.25, -0.2) is 4.98 Å². The zero-order valence-electron chi connectivity index (χ0n) is 16.0. The minimum Gasteiger partial charge on any atom is -0.377 e. The van der Waals surface area contributed by atoms with Crippen molar-refractivity contribution >= 4 is 17.3 Å². The van der Waals surface area contributed by atoms with E-state index in [0.29, 0.717) is 17.0 Å². The second kappa shape index (κ2) is 10.2. The van der Waals surface area contributed by atoms with Gasteiger partial charge in [-0.15, -0.1) is 11.3 Å². The van der Waals surface area contributed by atoms with E-state index in [1.807, 2.05) is 13.8 Å². The first-order valence-corrected chi connectivity index (χ1v) is 9.98. The molecule has 0 aromatic carbocycles. The van der Waals surface area contributed by atoms with Gasteiger partial charge in [0.2, 0.25) is 0 Å². The standard InChI is InChI=1S/C17H28F3N5OS/c1-12(2)26-9-8-25-6-4-13(5-7-25)23-16(21-3)22-10-15-24-14(11-27-15)17(18,19)20/h11-13H,4-10H2,1-3H3,(H2,21,22,23). The van der Waals surface area contributed by atoms with Gasteiger partial charge >= 0.3 is 6.18 Å². The Hall–Kier alpha value is -1.39. The quantitative estimate of drug-likeness (QED) is 0.538. The molecule has 0 radical (unpaired) electrons. The van der Waals surface area contributed by atoms with Crippen molar-refractivity contribution < 1.29 is 17.9 Å². The number of halogens is 3. The fourth-order valence-electron chi connectivity index (χ4n) is 2.79. The molecular weight excluding hydrogens is 379 g/mol. The van der Waals surface area contributed by atoms with Crippen LogP contribution in [0.4, 0.5) is 13.2 Å². The number of aliphatic imine (C=N–C) groups is 1. The number of thiazole rings is 1.